The van der Waals surface area contributed by atoms with E-state index in [1.165, 1.54) is 12.8 Å². The fourth-order valence-electron chi connectivity index (χ4n) is 4.61. The van der Waals surface area contributed by atoms with Crippen molar-refractivity contribution in [3.63, 3.8) is 0 Å². The topological polar surface area (TPSA) is 45.7 Å². The Balaban J connectivity index is 1.35. The Morgan fingerprint density at radius 1 is 1.27 bits per heavy atom. The SMILES string of the molecule is CC(=O)N1C[C@H](COCC2CC2)C2(CCN(Cc3ccccn3)CC2)C1. The summed E-state index contributed by atoms with van der Waals surface area (Å²) >= 11 is 0. The molecule has 0 radical (unpaired) electrons. The van der Waals surface area contributed by atoms with Crippen LogP contribution in [-0.4, -0.2) is 60.1 Å². The van der Waals surface area contributed by atoms with Crippen LogP contribution in [0.25, 0.3) is 0 Å². The number of aromatic nitrogens is 1. The Bertz CT molecular complexity index is 609. The Morgan fingerprint density at radius 2 is 2.08 bits per heavy atom. The van der Waals surface area contributed by atoms with Gasteiger partial charge in [0.25, 0.3) is 0 Å². The zero-order chi connectivity index (χ0) is 18.0. The molecule has 2 saturated heterocycles. The lowest BCUT2D eigenvalue weighted by atomic mass is 9.71. The van der Waals surface area contributed by atoms with Gasteiger partial charge in [-0.15, -0.1) is 0 Å². The molecule has 4 rings (SSSR count). The molecule has 1 spiro atoms. The average molecular weight is 357 g/mol. The predicted octanol–water partition coefficient (Wildman–Crippen LogP) is 2.57. The normalized spacial score (nSPS) is 25.7. The third-order valence-electron chi connectivity index (χ3n) is 6.59. The van der Waals surface area contributed by atoms with Crippen molar-refractivity contribution in [2.75, 3.05) is 39.4 Å². The molecule has 1 aliphatic carbocycles. The molecule has 1 saturated carbocycles. The van der Waals surface area contributed by atoms with E-state index in [-0.39, 0.29) is 11.3 Å². The molecule has 5 heteroatoms. The van der Waals surface area contributed by atoms with E-state index in [0.717, 1.165) is 70.4 Å². The summed E-state index contributed by atoms with van der Waals surface area (Å²) in [4.78, 5) is 21.0. The van der Waals surface area contributed by atoms with E-state index < -0.39 is 0 Å². The summed E-state index contributed by atoms with van der Waals surface area (Å²) in [6, 6.07) is 6.13. The molecule has 0 unspecified atom stereocenters. The van der Waals surface area contributed by atoms with Gasteiger partial charge in [-0.3, -0.25) is 14.7 Å². The monoisotopic (exact) mass is 357 g/mol. The lowest BCUT2D eigenvalue weighted by Crippen LogP contribution is -2.45. The second-order valence-corrected chi connectivity index (χ2v) is 8.54. The molecule has 1 aromatic heterocycles. The Hall–Kier alpha value is -1.46. The van der Waals surface area contributed by atoms with Crippen LogP contribution in [0.2, 0.25) is 0 Å². The number of likely N-dealkylation sites (tertiary alicyclic amines) is 2. The van der Waals surface area contributed by atoms with Gasteiger partial charge in [0.1, 0.15) is 0 Å². The van der Waals surface area contributed by atoms with Crippen molar-refractivity contribution < 1.29 is 9.53 Å². The first kappa shape index (κ1) is 17.9. The van der Waals surface area contributed by atoms with Gasteiger partial charge in [-0.05, 0) is 62.2 Å². The predicted molar refractivity (Wildman–Crippen MR) is 100 cm³/mol. The summed E-state index contributed by atoms with van der Waals surface area (Å²) in [5.41, 5.74) is 1.39. The molecule has 0 aromatic carbocycles. The van der Waals surface area contributed by atoms with Crippen LogP contribution in [0.5, 0.6) is 0 Å². The molecule has 0 N–H and O–H groups in total. The molecule has 26 heavy (non-hydrogen) atoms. The zero-order valence-corrected chi connectivity index (χ0v) is 15.9. The summed E-state index contributed by atoms with van der Waals surface area (Å²) < 4.78 is 6.06. The minimum atomic E-state index is 0.213. The van der Waals surface area contributed by atoms with Gasteiger partial charge in [0.2, 0.25) is 5.91 Å². The summed E-state index contributed by atoms with van der Waals surface area (Å²) in [6.07, 6.45) is 6.84. The van der Waals surface area contributed by atoms with Crippen LogP contribution in [0.4, 0.5) is 0 Å². The van der Waals surface area contributed by atoms with Gasteiger partial charge >= 0.3 is 0 Å². The largest absolute Gasteiger partial charge is 0.381 e. The van der Waals surface area contributed by atoms with Crippen molar-refractivity contribution in [3.8, 4) is 0 Å². The lowest BCUT2D eigenvalue weighted by molar-refractivity contribution is -0.128. The van der Waals surface area contributed by atoms with E-state index >= 15 is 0 Å². The lowest BCUT2D eigenvalue weighted by Gasteiger charge is -2.42. The number of carbonyl (C=O) groups is 1. The number of nitrogens with zero attached hydrogens (tertiary/aromatic N) is 3. The first-order valence-electron chi connectivity index (χ1n) is 10.1. The Labute approximate surface area is 156 Å². The highest BCUT2D eigenvalue weighted by Crippen LogP contribution is 2.45. The second-order valence-electron chi connectivity index (χ2n) is 8.54. The number of rotatable bonds is 6. The van der Waals surface area contributed by atoms with E-state index in [1.807, 2.05) is 12.3 Å². The van der Waals surface area contributed by atoms with Crippen molar-refractivity contribution in [2.45, 2.75) is 39.2 Å². The van der Waals surface area contributed by atoms with E-state index in [1.54, 1.807) is 6.92 Å². The van der Waals surface area contributed by atoms with Crippen LogP contribution in [0.1, 0.15) is 38.3 Å². The summed E-state index contributed by atoms with van der Waals surface area (Å²) in [6.45, 7) is 8.33. The molecule has 1 atom stereocenters. The van der Waals surface area contributed by atoms with Crippen LogP contribution in [-0.2, 0) is 16.1 Å². The minimum Gasteiger partial charge on any atom is -0.381 e. The molecule has 5 nitrogen and oxygen atoms in total. The minimum absolute atomic E-state index is 0.213. The maximum absolute atomic E-state index is 12.0. The summed E-state index contributed by atoms with van der Waals surface area (Å²) in [7, 11) is 0. The van der Waals surface area contributed by atoms with E-state index in [0.29, 0.717) is 5.92 Å². The van der Waals surface area contributed by atoms with Gasteiger partial charge in [0, 0.05) is 45.3 Å². The van der Waals surface area contributed by atoms with Gasteiger partial charge in [0.05, 0.1) is 12.3 Å². The Morgan fingerprint density at radius 3 is 2.73 bits per heavy atom. The summed E-state index contributed by atoms with van der Waals surface area (Å²) in [5, 5.41) is 0. The number of hydrogen-bond acceptors (Lipinski definition) is 4. The summed E-state index contributed by atoms with van der Waals surface area (Å²) in [5.74, 6) is 1.50. The molecular formula is C21H31N3O2. The molecule has 2 aliphatic heterocycles. The number of pyridine rings is 1. The van der Waals surface area contributed by atoms with Crippen LogP contribution >= 0.6 is 0 Å². The van der Waals surface area contributed by atoms with Gasteiger partial charge in [-0.25, -0.2) is 0 Å². The first-order valence-corrected chi connectivity index (χ1v) is 10.1. The third kappa shape index (κ3) is 4.09. The molecule has 1 aromatic rings. The highest BCUT2D eigenvalue weighted by molar-refractivity contribution is 5.73. The van der Waals surface area contributed by atoms with Gasteiger partial charge < -0.3 is 9.64 Å². The molecular weight excluding hydrogens is 326 g/mol. The molecule has 3 aliphatic rings. The fraction of sp³-hybridized carbons (Fsp3) is 0.714. The highest BCUT2D eigenvalue weighted by Gasteiger charge is 2.48. The van der Waals surface area contributed by atoms with Crippen LogP contribution in [0.15, 0.2) is 24.4 Å². The first-order chi connectivity index (χ1) is 12.6. The van der Waals surface area contributed by atoms with E-state index in [2.05, 4.69) is 26.9 Å². The van der Waals surface area contributed by atoms with Crippen LogP contribution < -0.4 is 0 Å². The van der Waals surface area contributed by atoms with E-state index in [9.17, 15) is 4.79 Å². The molecule has 1 amide bonds. The molecule has 3 heterocycles. The maximum atomic E-state index is 12.0. The number of piperidine rings is 1. The van der Waals surface area contributed by atoms with Crippen molar-refractivity contribution in [3.05, 3.63) is 30.1 Å². The number of hydrogen-bond donors (Lipinski definition) is 0. The van der Waals surface area contributed by atoms with Crippen molar-refractivity contribution in [2.24, 2.45) is 17.3 Å². The smallest absolute Gasteiger partial charge is 0.219 e. The number of carbonyl (C=O) groups excluding carboxylic acids is 1. The van der Waals surface area contributed by atoms with Crippen LogP contribution in [0.3, 0.4) is 0 Å². The van der Waals surface area contributed by atoms with Crippen molar-refractivity contribution in [1.29, 1.82) is 0 Å². The van der Waals surface area contributed by atoms with Gasteiger partial charge in [0.15, 0.2) is 0 Å². The number of ether oxygens (including phenoxy) is 1. The fourth-order valence-corrected chi connectivity index (χ4v) is 4.61. The third-order valence-corrected chi connectivity index (χ3v) is 6.59. The van der Waals surface area contributed by atoms with Crippen LogP contribution in [0, 0.1) is 17.3 Å². The standard InChI is InChI=1S/C21H31N3O2/c1-17(25)24-12-19(15-26-14-18-5-6-18)21(16-24)7-10-23(11-8-21)13-20-4-2-3-9-22-20/h2-4,9,18-19H,5-8,10-16H2,1H3/t19-/m1/s1. The Kier molecular flexibility index (Phi) is 5.28. The number of amides is 1. The quantitative estimate of drug-likeness (QED) is 0.785. The molecule has 0 bridgehead atoms. The molecule has 142 valence electrons. The van der Waals surface area contributed by atoms with Crippen molar-refractivity contribution >= 4 is 5.91 Å². The highest BCUT2D eigenvalue weighted by atomic mass is 16.5. The second kappa shape index (κ2) is 7.65. The molecule has 3 fully saturated rings. The zero-order valence-electron chi connectivity index (χ0n) is 15.9. The van der Waals surface area contributed by atoms with Gasteiger partial charge in [-0.2, -0.15) is 0 Å². The van der Waals surface area contributed by atoms with Crippen molar-refractivity contribution in [1.82, 2.24) is 14.8 Å². The average Bonchev–Trinajstić information content (AvgIpc) is 3.40. The van der Waals surface area contributed by atoms with Gasteiger partial charge in [-0.1, -0.05) is 6.07 Å². The van der Waals surface area contributed by atoms with E-state index in [4.69, 9.17) is 4.74 Å². The maximum Gasteiger partial charge on any atom is 0.219 e.